The minimum Gasteiger partial charge on any atom is -0.493 e. The van der Waals surface area contributed by atoms with E-state index in [1.807, 2.05) is 0 Å². The van der Waals surface area contributed by atoms with E-state index in [4.69, 9.17) is 13.9 Å². The molecule has 0 N–H and O–H groups in total. The zero-order valence-corrected chi connectivity index (χ0v) is 15.8. The summed E-state index contributed by atoms with van der Waals surface area (Å²) >= 11 is 0. The van der Waals surface area contributed by atoms with Crippen LogP contribution in [0.3, 0.4) is 0 Å². The molecule has 0 atom stereocenters. The lowest BCUT2D eigenvalue weighted by atomic mass is 9.84. The van der Waals surface area contributed by atoms with Gasteiger partial charge in [-0.25, -0.2) is 4.42 Å². The lowest BCUT2D eigenvalue weighted by molar-refractivity contribution is 0.356. The van der Waals surface area contributed by atoms with Crippen LogP contribution in [0.1, 0.15) is 33.4 Å². The Morgan fingerprint density at radius 1 is 0.500 bits per heavy atom. The molecule has 0 amide bonds. The molecule has 0 saturated heterocycles. The Labute approximate surface area is 163 Å². The molecule has 0 spiro atoms. The van der Waals surface area contributed by atoms with Gasteiger partial charge in [-0.15, -0.1) is 0 Å². The number of benzene rings is 2. The van der Waals surface area contributed by atoms with E-state index in [-0.39, 0.29) is 0 Å². The zero-order valence-electron chi connectivity index (χ0n) is 15.8. The third-order valence-corrected chi connectivity index (χ3v) is 6.78. The highest BCUT2D eigenvalue weighted by atomic mass is 16.5. The first-order chi connectivity index (χ1) is 13.8. The molecule has 0 fully saturated rings. The molecule has 0 bridgehead atoms. The van der Waals surface area contributed by atoms with E-state index in [2.05, 4.69) is 30.3 Å². The number of ether oxygens (including phenoxy) is 2. The van der Waals surface area contributed by atoms with Crippen molar-refractivity contribution in [1.82, 2.24) is 0 Å². The standard InChI is InChI=1S/C25H21O3/c1-3-18-11-19-4-2-15-10-17-6-8-27-23(17)13-21(15)25(19)28-24(18)20-12-22-16(5-7-26-22)9-14(1)20/h9-13H,1-8H2/q+1. The van der Waals surface area contributed by atoms with Crippen LogP contribution >= 0.6 is 0 Å². The van der Waals surface area contributed by atoms with Crippen molar-refractivity contribution in [1.29, 1.82) is 0 Å². The van der Waals surface area contributed by atoms with Crippen LogP contribution < -0.4 is 9.47 Å². The molecular formula is C25H21O3+. The van der Waals surface area contributed by atoms with Crippen LogP contribution in [-0.2, 0) is 38.5 Å². The van der Waals surface area contributed by atoms with Gasteiger partial charge in [0.25, 0.3) is 0 Å². The van der Waals surface area contributed by atoms with Crippen molar-refractivity contribution in [3.63, 3.8) is 0 Å². The van der Waals surface area contributed by atoms with Gasteiger partial charge in [-0.2, -0.15) is 0 Å². The highest BCUT2D eigenvalue weighted by Crippen LogP contribution is 2.45. The quantitative estimate of drug-likeness (QED) is 0.525. The molecule has 0 unspecified atom stereocenters. The first kappa shape index (κ1) is 15.2. The maximum Gasteiger partial charge on any atom is 0.364 e. The van der Waals surface area contributed by atoms with E-state index < -0.39 is 0 Å². The Morgan fingerprint density at radius 2 is 0.964 bits per heavy atom. The molecule has 3 aromatic rings. The van der Waals surface area contributed by atoms with Crippen molar-refractivity contribution in [2.24, 2.45) is 0 Å². The van der Waals surface area contributed by atoms with E-state index in [1.165, 1.54) is 44.5 Å². The smallest absolute Gasteiger partial charge is 0.364 e. The Hall–Kier alpha value is -2.81. The highest BCUT2D eigenvalue weighted by Gasteiger charge is 2.36. The molecule has 1 aromatic heterocycles. The minimum absolute atomic E-state index is 0.797. The lowest BCUT2D eigenvalue weighted by Gasteiger charge is -2.18. The summed E-state index contributed by atoms with van der Waals surface area (Å²) in [7, 11) is 0. The predicted octanol–water partition coefficient (Wildman–Crippen LogP) is 4.96. The molecular weight excluding hydrogens is 348 g/mol. The summed E-state index contributed by atoms with van der Waals surface area (Å²) in [6.07, 6.45) is 6.33. The minimum atomic E-state index is 0.797. The molecule has 2 aromatic carbocycles. The van der Waals surface area contributed by atoms with E-state index in [1.54, 1.807) is 0 Å². The first-order valence-electron chi connectivity index (χ1n) is 10.4. The fourth-order valence-electron chi connectivity index (χ4n) is 5.33. The van der Waals surface area contributed by atoms with Gasteiger partial charge in [-0.05, 0) is 66.1 Å². The molecule has 4 aliphatic rings. The SMILES string of the molecule is c1c2c(cc3c1CCc1cc4c([o+]c1-3)-c1cc3c(cc1CC4)CCO3)OCC2. The number of hydrogen-bond acceptors (Lipinski definition) is 2. The van der Waals surface area contributed by atoms with Gasteiger partial charge in [0.1, 0.15) is 11.5 Å². The maximum absolute atomic E-state index is 6.68. The van der Waals surface area contributed by atoms with E-state index in [9.17, 15) is 0 Å². The largest absolute Gasteiger partial charge is 0.493 e. The predicted molar refractivity (Wildman–Crippen MR) is 107 cm³/mol. The second kappa shape index (κ2) is 5.38. The molecule has 3 heterocycles. The molecule has 7 rings (SSSR count). The van der Waals surface area contributed by atoms with Gasteiger partial charge >= 0.3 is 11.5 Å². The summed E-state index contributed by atoms with van der Waals surface area (Å²) in [4.78, 5) is 0. The molecule has 2 aliphatic carbocycles. The molecule has 28 heavy (non-hydrogen) atoms. The maximum atomic E-state index is 6.68. The average molecular weight is 369 g/mol. The number of hydrogen-bond donors (Lipinski definition) is 0. The van der Waals surface area contributed by atoms with Crippen molar-refractivity contribution in [2.75, 3.05) is 13.2 Å². The van der Waals surface area contributed by atoms with Crippen molar-refractivity contribution in [3.05, 3.63) is 63.7 Å². The first-order valence-corrected chi connectivity index (χ1v) is 10.4. The van der Waals surface area contributed by atoms with Crippen molar-refractivity contribution in [3.8, 4) is 34.1 Å². The van der Waals surface area contributed by atoms with Gasteiger partial charge in [0.05, 0.1) is 35.5 Å². The molecule has 0 saturated carbocycles. The zero-order chi connectivity index (χ0) is 18.2. The van der Waals surface area contributed by atoms with Crippen LogP contribution in [0.5, 0.6) is 11.5 Å². The Balaban J connectivity index is 1.44. The van der Waals surface area contributed by atoms with Gasteiger partial charge in [-0.3, -0.25) is 0 Å². The monoisotopic (exact) mass is 369 g/mol. The van der Waals surface area contributed by atoms with Gasteiger partial charge in [0.2, 0.25) is 0 Å². The van der Waals surface area contributed by atoms with Crippen LogP contribution in [0.25, 0.3) is 22.6 Å². The van der Waals surface area contributed by atoms with E-state index in [0.29, 0.717) is 0 Å². The van der Waals surface area contributed by atoms with Crippen LogP contribution in [0, 0.1) is 0 Å². The Kier molecular flexibility index (Phi) is 2.91. The van der Waals surface area contributed by atoms with Gasteiger partial charge in [0.15, 0.2) is 0 Å². The molecule has 138 valence electrons. The Morgan fingerprint density at radius 3 is 1.50 bits per heavy atom. The molecule has 2 aliphatic heterocycles. The normalized spacial score (nSPS) is 17.4. The van der Waals surface area contributed by atoms with Crippen LogP contribution in [0.2, 0.25) is 0 Å². The summed E-state index contributed by atoms with van der Waals surface area (Å²) in [6.45, 7) is 1.59. The number of fused-ring (bicyclic) bond motifs is 8. The summed E-state index contributed by atoms with van der Waals surface area (Å²) in [5, 5.41) is 0. The van der Waals surface area contributed by atoms with Crippen molar-refractivity contribution >= 4 is 0 Å². The topological polar surface area (TPSA) is 29.8 Å². The summed E-state index contributed by atoms with van der Waals surface area (Å²) < 4.78 is 18.4. The fourth-order valence-corrected chi connectivity index (χ4v) is 5.33. The molecule has 0 radical (unpaired) electrons. The van der Waals surface area contributed by atoms with Crippen LogP contribution in [-0.4, -0.2) is 13.2 Å². The van der Waals surface area contributed by atoms with Gasteiger partial charge in [-0.1, -0.05) is 12.1 Å². The number of rotatable bonds is 0. The lowest BCUT2D eigenvalue weighted by Crippen LogP contribution is -2.10. The third kappa shape index (κ3) is 2.02. The second-order valence-electron chi connectivity index (χ2n) is 8.39. The number of aryl methyl sites for hydroxylation is 4. The van der Waals surface area contributed by atoms with Gasteiger partial charge < -0.3 is 9.47 Å². The van der Waals surface area contributed by atoms with Crippen LogP contribution in [0.15, 0.2) is 34.7 Å². The Bertz CT molecular complexity index is 1090. The van der Waals surface area contributed by atoms with E-state index >= 15 is 0 Å². The summed E-state index contributed by atoms with van der Waals surface area (Å²) in [6, 6.07) is 11.5. The van der Waals surface area contributed by atoms with Gasteiger partial charge in [0, 0.05) is 12.8 Å². The summed E-state index contributed by atoms with van der Waals surface area (Å²) in [5.74, 6) is 4.14. The highest BCUT2D eigenvalue weighted by molar-refractivity contribution is 5.77. The van der Waals surface area contributed by atoms with Crippen molar-refractivity contribution in [2.45, 2.75) is 38.5 Å². The average Bonchev–Trinajstić information content (AvgIpc) is 3.37. The molecule has 3 heteroatoms. The molecule has 3 nitrogen and oxygen atoms in total. The van der Waals surface area contributed by atoms with Crippen LogP contribution in [0.4, 0.5) is 0 Å². The second-order valence-corrected chi connectivity index (χ2v) is 8.39. The van der Waals surface area contributed by atoms with E-state index in [0.717, 1.165) is 74.8 Å². The fraction of sp³-hybridized carbons (Fsp3) is 0.320. The third-order valence-electron chi connectivity index (χ3n) is 6.78. The van der Waals surface area contributed by atoms with Crippen molar-refractivity contribution < 1.29 is 13.9 Å². The summed E-state index contributed by atoms with van der Waals surface area (Å²) in [5.41, 5.74) is 10.6.